The maximum Gasteiger partial charge on any atom is 0.193 e. The van der Waals surface area contributed by atoms with E-state index >= 15 is 0 Å². The summed E-state index contributed by atoms with van der Waals surface area (Å²) in [5.41, 5.74) is 0. The van der Waals surface area contributed by atoms with Crippen LogP contribution in [0.25, 0.3) is 0 Å². The highest BCUT2D eigenvalue weighted by atomic mass is 35.5. The molecule has 1 heterocycles. The van der Waals surface area contributed by atoms with E-state index in [0.29, 0.717) is 28.4 Å². The highest BCUT2D eigenvalue weighted by Crippen LogP contribution is 2.23. The summed E-state index contributed by atoms with van der Waals surface area (Å²) in [4.78, 5) is 0. The molecule has 96 valence electrons. The summed E-state index contributed by atoms with van der Waals surface area (Å²) in [6, 6.07) is 10.4. The van der Waals surface area contributed by atoms with Crippen LogP contribution in [0.3, 0.4) is 0 Å². The van der Waals surface area contributed by atoms with Gasteiger partial charge >= 0.3 is 0 Å². The summed E-state index contributed by atoms with van der Waals surface area (Å²) in [5.74, 6) is 1.06. The predicted octanol–water partition coefficient (Wildman–Crippen LogP) is 3.74. The Morgan fingerprint density at radius 1 is 1.11 bits per heavy atom. The van der Waals surface area contributed by atoms with Gasteiger partial charge in [0.25, 0.3) is 0 Å². The maximum absolute atomic E-state index is 9.31. The third-order valence-electron chi connectivity index (χ3n) is 2.48. The zero-order valence-electron chi connectivity index (χ0n) is 9.48. The van der Waals surface area contributed by atoms with E-state index in [1.807, 2.05) is 0 Å². The van der Waals surface area contributed by atoms with Crippen LogP contribution in [0, 0.1) is 0 Å². The van der Waals surface area contributed by atoms with Gasteiger partial charge in [-0.05, 0) is 48.0 Å². The van der Waals surface area contributed by atoms with Gasteiger partial charge in [-0.2, -0.15) is 0 Å². The average Bonchev–Trinajstić information content (AvgIpc) is 2.79. The molecule has 0 aliphatic heterocycles. The predicted molar refractivity (Wildman–Crippen MR) is 70.5 cm³/mol. The first-order valence-corrected chi connectivity index (χ1v) is 6.19. The number of furan rings is 1. The summed E-state index contributed by atoms with van der Waals surface area (Å²) in [6.45, 7) is 0.236. The van der Waals surface area contributed by atoms with Gasteiger partial charge in [-0.3, -0.25) is 0 Å². The molecule has 0 radical (unpaired) electrons. The van der Waals surface area contributed by atoms with Crippen molar-refractivity contribution in [1.82, 2.24) is 0 Å². The lowest BCUT2D eigenvalue weighted by molar-refractivity contribution is 0.190. The van der Waals surface area contributed by atoms with Crippen LogP contribution in [0.2, 0.25) is 10.2 Å². The van der Waals surface area contributed by atoms with Crippen molar-refractivity contribution >= 4 is 23.2 Å². The first-order chi connectivity index (χ1) is 8.69. The Labute approximate surface area is 115 Å². The van der Waals surface area contributed by atoms with Crippen molar-refractivity contribution in [3.05, 3.63) is 52.4 Å². The molecule has 1 aromatic carbocycles. The Hall–Kier alpha value is -1.16. The number of hydrogen-bond acceptors (Lipinski definition) is 3. The molecule has 2 aromatic rings. The minimum Gasteiger partial charge on any atom is -0.493 e. The third-order valence-corrected chi connectivity index (χ3v) is 2.94. The smallest absolute Gasteiger partial charge is 0.193 e. The Morgan fingerprint density at radius 2 is 1.83 bits per heavy atom. The Bertz CT molecular complexity index is 493. The number of halogens is 2. The van der Waals surface area contributed by atoms with E-state index in [1.165, 1.54) is 0 Å². The number of aliphatic hydroxyl groups is 1. The Morgan fingerprint density at radius 3 is 2.39 bits per heavy atom. The van der Waals surface area contributed by atoms with Gasteiger partial charge in [-0.25, -0.2) is 0 Å². The van der Waals surface area contributed by atoms with Crippen LogP contribution in [0.1, 0.15) is 11.7 Å². The van der Waals surface area contributed by atoms with E-state index in [9.17, 15) is 5.11 Å². The van der Waals surface area contributed by atoms with Crippen LogP contribution >= 0.6 is 23.2 Å². The highest BCUT2D eigenvalue weighted by molar-refractivity contribution is 6.30. The van der Waals surface area contributed by atoms with Crippen LogP contribution in [0.15, 0.2) is 40.8 Å². The van der Waals surface area contributed by atoms with E-state index in [0.717, 1.165) is 0 Å². The summed E-state index contributed by atoms with van der Waals surface area (Å²) in [5, 5.41) is 10.3. The van der Waals surface area contributed by atoms with Gasteiger partial charge in [0.15, 0.2) is 5.22 Å². The molecular formula is C13H12Cl2O3. The number of rotatable bonds is 5. The van der Waals surface area contributed by atoms with E-state index in [-0.39, 0.29) is 12.5 Å². The van der Waals surface area contributed by atoms with Crippen molar-refractivity contribution in [1.29, 1.82) is 0 Å². The normalized spacial score (nSPS) is 12.4. The summed E-state index contributed by atoms with van der Waals surface area (Å²) in [6.07, 6.45) is 0. The minimum atomic E-state index is -0.242. The van der Waals surface area contributed by atoms with E-state index < -0.39 is 0 Å². The van der Waals surface area contributed by atoms with Gasteiger partial charge < -0.3 is 14.3 Å². The van der Waals surface area contributed by atoms with Crippen molar-refractivity contribution in [3.63, 3.8) is 0 Å². The molecule has 0 aliphatic carbocycles. The first kappa shape index (κ1) is 13.3. The van der Waals surface area contributed by atoms with Gasteiger partial charge in [0, 0.05) is 5.02 Å². The topological polar surface area (TPSA) is 42.6 Å². The fraction of sp³-hybridized carbons (Fsp3) is 0.231. The molecule has 0 saturated carbocycles. The van der Waals surface area contributed by atoms with Crippen molar-refractivity contribution in [2.75, 3.05) is 13.2 Å². The summed E-state index contributed by atoms with van der Waals surface area (Å²) in [7, 11) is 0. The number of ether oxygens (including phenoxy) is 1. The zero-order chi connectivity index (χ0) is 13.0. The Kier molecular flexibility index (Phi) is 4.53. The van der Waals surface area contributed by atoms with Crippen molar-refractivity contribution in [3.8, 4) is 5.75 Å². The second kappa shape index (κ2) is 6.14. The van der Waals surface area contributed by atoms with E-state index in [1.54, 1.807) is 36.4 Å². The molecule has 0 amide bonds. The van der Waals surface area contributed by atoms with E-state index in [2.05, 4.69) is 0 Å². The lowest BCUT2D eigenvalue weighted by atomic mass is 10.1. The van der Waals surface area contributed by atoms with Crippen molar-refractivity contribution in [2.45, 2.75) is 5.92 Å². The summed E-state index contributed by atoms with van der Waals surface area (Å²) < 4.78 is 10.8. The monoisotopic (exact) mass is 286 g/mol. The lowest BCUT2D eigenvalue weighted by Gasteiger charge is -2.13. The molecule has 18 heavy (non-hydrogen) atoms. The van der Waals surface area contributed by atoms with Crippen LogP contribution in [0.4, 0.5) is 0 Å². The molecule has 1 atom stereocenters. The first-order valence-electron chi connectivity index (χ1n) is 5.43. The molecule has 0 fully saturated rings. The van der Waals surface area contributed by atoms with Crippen LogP contribution in [-0.2, 0) is 0 Å². The summed E-state index contributed by atoms with van der Waals surface area (Å²) >= 11 is 11.5. The fourth-order valence-electron chi connectivity index (χ4n) is 1.50. The van der Waals surface area contributed by atoms with Gasteiger partial charge in [0.05, 0.1) is 12.5 Å². The molecule has 0 saturated heterocycles. The fourth-order valence-corrected chi connectivity index (χ4v) is 1.78. The number of aliphatic hydroxyl groups excluding tert-OH is 1. The van der Waals surface area contributed by atoms with Crippen molar-refractivity contribution < 1.29 is 14.3 Å². The second-order valence-corrected chi connectivity index (χ2v) is 4.60. The van der Waals surface area contributed by atoms with Crippen LogP contribution < -0.4 is 4.74 Å². The van der Waals surface area contributed by atoms with Gasteiger partial charge in [0.1, 0.15) is 18.1 Å². The maximum atomic E-state index is 9.31. The molecule has 2 rings (SSSR count). The molecule has 1 unspecified atom stereocenters. The van der Waals surface area contributed by atoms with Gasteiger partial charge in [-0.15, -0.1) is 0 Å². The van der Waals surface area contributed by atoms with Gasteiger partial charge in [-0.1, -0.05) is 11.6 Å². The molecule has 0 aliphatic rings. The van der Waals surface area contributed by atoms with Crippen molar-refractivity contribution in [2.24, 2.45) is 0 Å². The second-order valence-electron chi connectivity index (χ2n) is 3.79. The molecule has 3 nitrogen and oxygen atoms in total. The molecule has 5 heteroatoms. The lowest BCUT2D eigenvalue weighted by Crippen LogP contribution is -2.13. The zero-order valence-corrected chi connectivity index (χ0v) is 11.0. The SMILES string of the molecule is OCC(COc1ccc(Cl)cc1)c1ccc(Cl)o1. The number of benzene rings is 1. The highest BCUT2D eigenvalue weighted by Gasteiger charge is 2.15. The van der Waals surface area contributed by atoms with Crippen LogP contribution in [-0.4, -0.2) is 18.3 Å². The number of hydrogen-bond donors (Lipinski definition) is 1. The van der Waals surface area contributed by atoms with E-state index in [4.69, 9.17) is 32.4 Å². The Balaban J connectivity index is 1.97. The largest absolute Gasteiger partial charge is 0.493 e. The quantitative estimate of drug-likeness (QED) is 0.910. The standard InChI is InChI=1S/C13H12Cl2O3/c14-10-1-3-11(4-2-10)17-8-9(7-16)12-5-6-13(15)18-12/h1-6,9,16H,7-8H2. The minimum absolute atomic E-state index is 0.0720. The van der Waals surface area contributed by atoms with Gasteiger partial charge in [0.2, 0.25) is 0 Å². The van der Waals surface area contributed by atoms with Crippen LogP contribution in [0.5, 0.6) is 5.75 Å². The molecular weight excluding hydrogens is 275 g/mol. The molecule has 0 bridgehead atoms. The average molecular weight is 287 g/mol. The molecule has 1 aromatic heterocycles. The molecule has 0 spiro atoms. The molecule has 1 N–H and O–H groups in total. The third kappa shape index (κ3) is 3.42.